The molecule has 1 saturated heterocycles. The summed E-state index contributed by atoms with van der Waals surface area (Å²) < 4.78 is 30.3. The van der Waals surface area contributed by atoms with E-state index in [1.165, 1.54) is 0 Å². The largest absolute Gasteiger partial charge is 0.699 e. The molecule has 156 valence electrons. The second kappa shape index (κ2) is 10.3. The van der Waals surface area contributed by atoms with Gasteiger partial charge in [0.15, 0.2) is 0 Å². The lowest BCUT2D eigenvalue weighted by molar-refractivity contribution is 0.114. The van der Waals surface area contributed by atoms with Crippen LogP contribution < -0.4 is 13.3 Å². The van der Waals surface area contributed by atoms with Crippen molar-refractivity contribution in [1.82, 2.24) is 0 Å². The van der Waals surface area contributed by atoms with E-state index in [4.69, 9.17) is 22.8 Å². The third kappa shape index (κ3) is 6.35. The molecule has 0 saturated carbocycles. The first-order valence-corrected chi connectivity index (χ1v) is 12.2. The first-order valence-electron chi connectivity index (χ1n) is 10.2. The number of para-hydroxylation sites is 3. The average molecular weight is 423 g/mol. The molecule has 1 fully saturated rings. The summed E-state index contributed by atoms with van der Waals surface area (Å²) in [4.78, 5) is 0. The van der Waals surface area contributed by atoms with Crippen molar-refractivity contribution >= 4 is 8.80 Å². The minimum absolute atomic E-state index is 0.258. The molecule has 3 aromatic carbocycles. The highest BCUT2D eigenvalue weighted by molar-refractivity contribution is 6.63. The van der Waals surface area contributed by atoms with E-state index in [0.29, 0.717) is 19.3 Å². The Hall–Kier alpha value is -2.80. The van der Waals surface area contributed by atoms with E-state index in [0.717, 1.165) is 30.3 Å². The zero-order chi connectivity index (χ0) is 20.5. The average Bonchev–Trinajstić information content (AvgIpc) is 3.60. The fourth-order valence-corrected chi connectivity index (χ4v) is 5.48. The van der Waals surface area contributed by atoms with Crippen molar-refractivity contribution in [3.05, 3.63) is 91.0 Å². The van der Waals surface area contributed by atoms with Gasteiger partial charge in [0.25, 0.3) is 0 Å². The van der Waals surface area contributed by atoms with Crippen LogP contribution in [0.4, 0.5) is 0 Å². The van der Waals surface area contributed by atoms with E-state index in [9.17, 15) is 0 Å². The molecule has 1 atom stereocenters. The molecule has 1 heterocycles. The molecule has 30 heavy (non-hydrogen) atoms. The van der Waals surface area contributed by atoms with Gasteiger partial charge in [-0.3, -0.25) is 0 Å². The van der Waals surface area contributed by atoms with Gasteiger partial charge in [0.05, 0.1) is 19.3 Å². The number of rotatable bonds is 12. The summed E-state index contributed by atoms with van der Waals surface area (Å²) >= 11 is 0. The molecule has 4 rings (SSSR count). The number of epoxide rings is 1. The Morgan fingerprint density at radius 1 is 0.700 bits per heavy atom. The van der Waals surface area contributed by atoms with Crippen molar-refractivity contribution in [2.24, 2.45) is 0 Å². The summed E-state index contributed by atoms with van der Waals surface area (Å²) in [5.74, 6) is 2.18. The van der Waals surface area contributed by atoms with Crippen LogP contribution in [-0.2, 0) is 9.47 Å². The van der Waals surface area contributed by atoms with Gasteiger partial charge in [-0.1, -0.05) is 54.6 Å². The van der Waals surface area contributed by atoms with Crippen LogP contribution in [0.15, 0.2) is 91.0 Å². The van der Waals surface area contributed by atoms with E-state index >= 15 is 0 Å². The van der Waals surface area contributed by atoms with Crippen molar-refractivity contribution in [3.63, 3.8) is 0 Å². The summed E-state index contributed by atoms with van der Waals surface area (Å²) in [5, 5.41) is 0. The summed E-state index contributed by atoms with van der Waals surface area (Å²) in [7, 11) is -3.19. The molecule has 0 N–H and O–H groups in total. The Morgan fingerprint density at radius 3 is 1.53 bits per heavy atom. The Morgan fingerprint density at radius 2 is 1.13 bits per heavy atom. The normalized spacial score (nSPS) is 15.4. The van der Waals surface area contributed by atoms with E-state index in [2.05, 4.69) is 0 Å². The molecule has 1 aliphatic heterocycles. The number of ether oxygens (including phenoxy) is 2. The third-order valence-electron chi connectivity index (χ3n) is 4.53. The van der Waals surface area contributed by atoms with Crippen LogP contribution in [0.1, 0.15) is 6.42 Å². The van der Waals surface area contributed by atoms with Gasteiger partial charge in [0.1, 0.15) is 23.4 Å². The molecule has 0 aliphatic carbocycles. The molecule has 3 aromatic rings. The maximum atomic E-state index is 6.46. The van der Waals surface area contributed by atoms with Crippen LogP contribution in [0, 0.1) is 0 Å². The summed E-state index contributed by atoms with van der Waals surface area (Å²) in [6.07, 6.45) is 1.01. The van der Waals surface area contributed by atoms with Gasteiger partial charge in [-0.2, -0.15) is 0 Å². The second-order valence-corrected chi connectivity index (χ2v) is 9.54. The van der Waals surface area contributed by atoms with Gasteiger partial charge >= 0.3 is 8.80 Å². The standard InChI is InChI=1S/C24H26O5Si/c1-4-11-21(12-5-1)27-30(28-22-13-6-2-7-14-22,29-23-15-8-3-9-16-23)18-10-17-25-19-24-20-26-24/h1-9,11-16,24H,10,17-20H2. The van der Waals surface area contributed by atoms with E-state index in [-0.39, 0.29) is 6.10 Å². The second-order valence-electron chi connectivity index (χ2n) is 7.06. The molecule has 0 aromatic heterocycles. The number of hydrogen-bond acceptors (Lipinski definition) is 5. The van der Waals surface area contributed by atoms with Crippen LogP contribution in [0.5, 0.6) is 17.2 Å². The van der Waals surface area contributed by atoms with Crippen molar-refractivity contribution < 1.29 is 22.8 Å². The lowest BCUT2D eigenvalue weighted by Crippen LogP contribution is -2.55. The molecule has 1 unspecified atom stereocenters. The SMILES string of the molecule is c1ccc(O[Si](CCCOCC2CO2)(Oc2ccccc2)Oc2ccccc2)cc1. The van der Waals surface area contributed by atoms with Gasteiger partial charge in [-0.15, -0.1) is 0 Å². The van der Waals surface area contributed by atoms with Gasteiger partial charge in [0.2, 0.25) is 0 Å². The zero-order valence-corrected chi connectivity index (χ0v) is 17.8. The van der Waals surface area contributed by atoms with Gasteiger partial charge in [0, 0.05) is 6.61 Å². The first kappa shape index (κ1) is 20.5. The quantitative estimate of drug-likeness (QED) is 0.234. The minimum atomic E-state index is -3.19. The van der Waals surface area contributed by atoms with Gasteiger partial charge < -0.3 is 22.8 Å². The monoisotopic (exact) mass is 422 g/mol. The molecule has 5 nitrogen and oxygen atoms in total. The Kier molecular flexibility index (Phi) is 7.02. The van der Waals surface area contributed by atoms with Crippen LogP contribution >= 0.6 is 0 Å². The fourth-order valence-electron chi connectivity index (χ4n) is 2.99. The van der Waals surface area contributed by atoms with Crippen molar-refractivity contribution in [2.45, 2.75) is 18.6 Å². The maximum Gasteiger partial charge on any atom is 0.699 e. The van der Waals surface area contributed by atoms with E-state index < -0.39 is 8.80 Å². The minimum Gasteiger partial charge on any atom is -0.483 e. The number of benzene rings is 3. The molecule has 0 radical (unpaired) electrons. The van der Waals surface area contributed by atoms with Crippen LogP contribution in [0.2, 0.25) is 6.04 Å². The highest BCUT2D eigenvalue weighted by Gasteiger charge is 2.48. The van der Waals surface area contributed by atoms with E-state index in [1.54, 1.807) is 0 Å². The summed E-state index contributed by atoms with van der Waals surface area (Å²) in [6, 6.07) is 29.7. The molecule has 1 aliphatic rings. The highest BCUT2D eigenvalue weighted by atomic mass is 28.4. The molecule has 6 heteroatoms. The van der Waals surface area contributed by atoms with Crippen molar-refractivity contribution in [3.8, 4) is 17.2 Å². The van der Waals surface area contributed by atoms with Crippen molar-refractivity contribution in [2.75, 3.05) is 19.8 Å². The topological polar surface area (TPSA) is 49.5 Å². The van der Waals surface area contributed by atoms with E-state index in [1.807, 2.05) is 91.0 Å². The smallest absolute Gasteiger partial charge is 0.483 e. The third-order valence-corrected chi connectivity index (χ3v) is 7.13. The molecular weight excluding hydrogens is 396 g/mol. The van der Waals surface area contributed by atoms with Gasteiger partial charge in [-0.05, 0) is 42.8 Å². The lowest BCUT2D eigenvalue weighted by atomic mass is 10.3. The summed E-state index contributed by atoms with van der Waals surface area (Å²) in [5.41, 5.74) is 0. The lowest BCUT2D eigenvalue weighted by Gasteiger charge is -2.30. The van der Waals surface area contributed by atoms with Crippen molar-refractivity contribution in [1.29, 1.82) is 0 Å². The van der Waals surface area contributed by atoms with Crippen LogP contribution in [-0.4, -0.2) is 34.7 Å². The maximum absolute atomic E-state index is 6.46. The molecule has 0 bridgehead atoms. The molecular formula is C24H26O5Si. The van der Waals surface area contributed by atoms with Gasteiger partial charge in [-0.25, -0.2) is 0 Å². The zero-order valence-electron chi connectivity index (χ0n) is 16.8. The van der Waals surface area contributed by atoms with Crippen LogP contribution in [0.3, 0.4) is 0 Å². The predicted octanol–water partition coefficient (Wildman–Crippen LogP) is 4.97. The predicted molar refractivity (Wildman–Crippen MR) is 117 cm³/mol. The summed E-state index contributed by atoms with van der Waals surface area (Å²) in [6.45, 7) is 2.03. The first-order chi connectivity index (χ1) is 14.8. The molecule has 0 spiro atoms. The Bertz CT molecular complexity index is 770. The van der Waals surface area contributed by atoms with Crippen LogP contribution in [0.25, 0.3) is 0 Å². The highest BCUT2D eigenvalue weighted by Crippen LogP contribution is 2.27. The molecule has 0 amide bonds. The fraction of sp³-hybridized carbons (Fsp3) is 0.250. The Balaban J connectivity index is 1.55. The Labute approximate surface area is 178 Å². The number of hydrogen-bond donors (Lipinski definition) is 0.